The monoisotopic (exact) mass is 235 g/mol. The Morgan fingerprint density at radius 3 is 2.76 bits per heavy atom. The van der Waals surface area contributed by atoms with Crippen LogP contribution in [0.1, 0.15) is 5.56 Å². The van der Waals surface area contributed by atoms with Crippen molar-refractivity contribution in [3.63, 3.8) is 0 Å². The van der Waals surface area contributed by atoms with Gasteiger partial charge in [-0.05, 0) is 5.56 Å². The third-order valence-electron chi connectivity index (χ3n) is 1.98. The zero-order chi connectivity index (χ0) is 12.3. The summed E-state index contributed by atoms with van der Waals surface area (Å²) < 4.78 is 9.97. The van der Waals surface area contributed by atoms with E-state index < -0.39 is 6.09 Å². The van der Waals surface area contributed by atoms with E-state index in [0.717, 1.165) is 5.56 Å². The largest absolute Gasteiger partial charge is 0.447 e. The van der Waals surface area contributed by atoms with Crippen LogP contribution in [0.25, 0.3) is 0 Å². The summed E-state index contributed by atoms with van der Waals surface area (Å²) >= 11 is 0. The fourth-order valence-corrected chi connectivity index (χ4v) is 1.18. The molecule has 17 heavy (non-hydrogen) atoms. The van der Waals surface area contributed by atoms with Crippen LogP contribution < -0.4 is 5.32 Å². The number of hydrogen-bond acceptors (Lipinski definition) is 3. The summed E-state index contributed by atoms with van der Waals surface area (Å²) in [4.78, 5) is 11.2. The molecule has 0 heterocycles. The molecule has 0 aromatic heterocycles. The van der Waals surface area contributed by atoms with E-state index in [9.17, 15) is 4.79 Å². The molecule has 0 atom stereocenters. The molecule has 1 amide bonds. The molecular formula is C13H17NO3. The SMILES string of the molecule is C=CCOCCOC(=O)NCc1ccccc1. The first-order chi connectivity index (χ1) is 8.33. The summed E-state index contributed by atoms with van der Waals surface area (Å²) in [5.41, 5.74) is 1.03. The molecule has 1 rings (SSSR count). The van der Waals surface area contributed by atoms with Crippen molar-refractivity contribution in [1.29, 1.82) is 0 Å². The van der Waals surface area contributed by atoms with Gasteiger partial charge in [0.05, 0.1) is 13.2 Å². The van der Waals surface area contributed by atoms with E-state index in [1.165, 1.54) is 0 Å². The minimum Gasteiger partial charge on any atom is -0.447 e. The highest BCUT2D eigenvalue weighted by atomic mass is 16.6. The van der Waals surface area contributed by atoms with Gasteiger partial charge in [-0.15, -0.1) is 6.58 Å². The number of alkyl carbamates (subject to hydrolysis) is 1. The van der Waals surface area contributed by atoms with Crippen LogP contribution in [0.4, 0.5) is 4.79 Å². The molecule has 0 spiro atoms. The van der Waals surface area contributed by atoms with Gasteiger partial charge < -0.3 is 14.8 Å². The van der Waals surface area contributed by atoms with Crippen molar-refractivity contribution in [3.05, 3.63) is 48.6 Å². The maximum Gasteiger partial charge on any atom is 0.407 e. The molecule has 1 aromatic rings. The van der Waals surface area contributed by atoms with Gasteiger partial charge in [-0.1, -0.05) is 36.4 Å². The number of carbonyl (C=O) groups excluding carboxylic acids is 1. The summed E-state index contributed by atoms with van der Waals surface area (Å²) in [7, 11) is 0. The van der Waals surface area contributed by atoms with Gasteiger partial charge in [0.25, 0.3) is 0 Å². The molecule has 1 aromatic carbocycles. The van der Waals surface area contributed by atoms with Crippen LogP contribution in [0.3, 0.4) is 0 Å². The first-order valence-corrected chi connectivity index (χ1v) is 5.46. The van der Waals surface area contributed by atoms with Crippen LogP contribution >= 0.6 is 0 Å². The first-order valence-electron chi connectivity index (χ1n) is 5.46. The second kappa shape index (κ2) is 8.35. The lowest BCUT2D eigenvalue weighted by Gasteiger charge is -2.06. The predicted octanol–water partition coefficient (Wildman–Crippen LogP) is 2.12. The summed E-state index contributed by atoms with van der Waals surface area (Å²) in [5.74, 6) is 0. The third kappa shape index (κ3) is 6.37. The van der Waals surface area contributed by atoms with Crippen molar-refractivity contribution in [3.8, 4) is 0 Å². The maximum atomic E-state index is 11.2. The molecule has 0 aliphatic carbocycles. The lowest BCUT2D eigenvalue weighted by molar-refractivity contribution is 0.0851. The number of nitrogens with one attached hydrogen (secondary N) is 1. The molecule has 0 saturated heterocycles. The summed E-state index contributed by atoms with van der Waals surface area (Å²) in [6, 6.07) is 9.65. The van der Waals surface area contributed by atoms with Gasteiger partial charge in [-0.2, -0.15) is 0 Å². The number of hydrogen-bond donors (Lipinski definition) is 1. The van der Waals surface area contributed by atoms with E-state index in [1.54, 1.807) is 6.08 Å². The maximum absolute atomic E-state index is 11.2. The fraction of sp³-hybridized carbons (Fsp3) is 0.308. The Balaban J connectivity index is 2.07. The van der Waals surface area contributed by atoms with Gasteiger partial charge in [-0.25, -0.2) is 4.79 Å². The molecular weight excluding hydrogens is 218 g/mol. The van der Waals surface area contributed by atoms with Gasteiger partial charge in [-0.3, -0.25) is 0 Å². The molecule has 0 aliphatic rings. The summed E-state index contributed by atoms with van der Waals surface area (Å²) in [6.45, 7) is 5.07. The fourth-order valence-electron chi connectivity index (χ4n) is 1.18. The predicted molar refractivity (Wildman–Crippen MR) is 65.6 cm³/mol. The van der Waals surface area contributed by atoms with Crippen molar-refractivity contribution >= 4 is 6.09 Å². The Labute approximate surface area is 101 Å². The normalized spacial score (nSPS) is 9.65. The first kappa shape index (κ1) is 13.3. The summed E-state index contributed by atoms with van der Waals surface area (Å²) in [5, 5.41) is 2.65. The zero-order valence-electron chi connectivity index (χ0n) is 9.72. The number of amides is 1. The van der Waals surface area contributed by atoms with Crippen LogP contribution in [0.15, 0.2) is 43.0 Å². The quantitative estimate of drug-likeness (QED) is 0.581. The molecule has 0 bridgehead atoms. The van der Waals surface area contributed by atoms with E-state index in [2.05, 4.69) is 11.9 Å². The van der Waals surface area contributed by atoms with Crippen LogP contribution in [0.5, 0.6) is 0 Å². The molecule has 0 saturated carbocycles. The molecule has 0 radical (unpaired) electrons. The molecule has 0 unspecified atom stereocenters. The zero-order valence-corrected chi connectivity index (χ0v) is 9.72. The Morgan fingerprint density at radius 2 is 2.06 bits per heavy atom. The molecule has 0 fully saturated rings. The average Bonchev–Trinajstić information content (AvgIpc) is 2.37. The average molecular weight is 235 g/mol. The van der Waals surface area contributed by atoms with Crippen molar-refractivity contribution < 1.29 is 14.3 Å². The van der Waals surface area contributed by atoms with E-state index >= 15 is 0 Å². The topological polar surface area (TPSA) is 47.6 Å². The highest BCUT2D eigenvalue weighted by molar-refractivity contribution is 5.67. The Morgan fingerprint density at radius 1 is 1.29 bits per heavy atom. The van der Waals surface area contributed by atoms with Gasteiger partial charge >= 0.3 is 6.09 Å². The third-order valence-corrected chi connectivity index (χ3v) is 1.98. The molecule has 4 heteroatoms. The minimum absolute atomic E-state index is 0.245. The van der Waals surface area contributed by atoms with Crippen LogP contribution in [0, 0.1) is 0 Å². The summed E-state index contributed by atoms with van der Waals surface area (Å²) in [6.07, 6.45) is 1.21. The van der Waals surface area contributed by atoms with Crippen molar-refractivity contribution in [2.45, 2.75) is 6.54 Å². The van der Waals surface area contributed by atoms with Gasteiger partial charge in [0, 0.05) is 6.54 Å². The van der Waals surface area contributed by atoms with Gasteiger partial charge in [0.15, 0.2) is 0 Å². The smallest absolute Gasteiger partial charge is 0.407 e. The van der Waals surface area contributed by atoms with Crippen LogP contribution in [0.2, 0.25) is 0 Å². The number of carbonyl (C=O) groups is 1. The van der Waals surface area contributed by atoms with Gasteiger partial charge in [0.2, 0.25) is 0 Å². The van der Waals surface area contributed by atoms with Crippen LogP contribution in [-0.4, -0.2) is 25.9 Å². The second-order valence-electron chi connectivity index (χ2n) is 3.34. The van der Waals surface area contributed by atoms with Crippen molar-refractivity contribution in [2.75, 3.05) is 19.8 Å². The molecule has 4 nitrogen and oxygen atoms in total. The highest BCUT2D eigenvalue weighted by Gasteiger charge is 2.00. The molecule has 0 aliphatic heterocycles. The number of rotatable bonds is 7. The van der Waals surface area contributed by atoms with Gasteiger partial charge in [0.1, 0.15) is 6.61 Å². The second-order valence-corrected chi connectivity index (χ2v) is 3.34. The molecule has 92 valence electrons. The number of benzene rings is 1. The van der Waals surface area contributed by atoms with E-state index in [4.69, 9.17) is 9.47 Å². The van der Waals surface area contributed by atoms with Crippen molar-refractivity contribution in [2.24, 2.45) is 0 Å². The minimum atomic E-state index is -0.434. The van der Waals surface area contributed by atoms with E-state index in [1.807, 2.05) is 30.3 Å². The van der Waals surface area contributed by atoms with E-state index in [0.29, 0.717) is 19.8 Å². The van der Waals surface area contributed by atoms with Crippen LogP contribution in [-0.2, 0) is 16.0 Å². The lowest BCUT2D eigenvalue weighted by atomic mass is 10.2. The molecule has 1 N–H and O–H groups in total. The Hall–Kier alpha value is -1.81. The standard InChI is InChI=1S/C13H17NO3/c1-2-8-16-9-10-17-13(15)14-11-12-6-4-3-5-7-12/h2-7H,1,8-11H2,(H,14,15). The van der Waals surface area contributed by atoms with E-state index in [-0.39, 0.29) is 6.61 Å². The van der Waals surface area contributed by atoms with Crippen molar-refractivity contribution in [1.82, 2.24) is 5.32 Å². The Kier molecular flexibility index (Phi) is 6.51. The lowest BCUT2D eigenvalue weighted by Crippen LogP contribution is -2.25. The highest BCUT2D eigenvalue weighted by Crippen LogP contribution is 1.97. The number of ether oxygens (including phenoxy) is 2. The Bertz CT molecular complexity index is 338.